The molecule has 1 aromatic heterocycles. The van der Waals surface area contributed by atoms with Crippen molar-refractivity contribution in [3.63, 3.8) is 0 Å². The number of nitrogens with zero attached hydrogens (tertiary/aromatic N) is 1. The molecule has 0 unspecified atom stereocenters. The topological polar surface area (TPSA) is 56.0 Å². The Morgan fingerprint density at radius 1 is 1.38 bits per heavy atom. The van der Waals surface area contributed by atoms with Crippen LogP contribution in [0.15, 0.2) is 36.5 Å². The number of ketones is 1. The first-order valence-corrected chi connectivity index (χ1v) is 5.26. The molecule has 0 aliphatic carbocycles. The number of hydrogen-bond donors (Lipinski definition) is 1. The van der Waals surface area contributed by atoms with E-state index in [1.54, 1.807) is 0 Å². The molecule has 2 N–H and O–H groups in total. The summed E-state index contributed by atoms with van der Waals surface area (Å²) in [6, 6.07) is 9.53. The smallest absolute Gasteiger partial charge is 0.146 e. The lowest BCUT2D eigenvalue weighted by Crippen LogP contribution is -2.30. The van der Waals surface area contributed by atoms with Gasteiger partial charge >= 0.3 is 0 Å². The highest BCUT2D eigenvalue weighted by atomic mass is 16.1. The Hall–Kier alpha value is -1.74. The minimum atomic E-state index is -0.450. The lowest BCUT2D eigenvalue weighted by Gasteiger charge is -2.07. The average Bonchev–Trinajstić information content (AvgIpc) is 2.28. The van der Waals surface area contributed by atoms with E-state index in [1.165, 1.54) is 6.92 Å². The minimum Gasteiger partial charge on any atom is -0.321 e. The lowest BCUT2D eigenvalue weighted by molar-refractivity contribution is -0.118. The van der Waals surface area contributed by atoms with Gasteiger partial charge in [-0.2, -0.15) is 0 Å². The molecule has 0 aliphatic rings. The Labute approximate surface area is 94.3 Å². The fourth-order valence-corrected chi connectivity index (χ4v) is 1.61. The molecular weight excluding hydrogens is 200 g/mol. The number of fused-ring (bicyclic) bond motifs is 1. The predicted octanol–water partition coefficient (Wildman–Crippen LogP) is 1.69. The Balaban J connectivity index is 2.29. The summed E-state index contributed by atoms with van der Waals surface area (Å²) in [5.74, 6) is -0.00467. The van der Waals surface area contributed by atoms with Gasteiger partial charge in [0.1, 0.15) is 5.78 Å². The molecule has 16 heavy (non-hydrogen) atoms. The molecule has 1 atom stereocenters. The Bertz CT molecular complexity index is 522. The van der Waals surface area contributed by atoms with Crippen molar-refractivity contribution in [2.24, 2.45) is 5.73 Å². The van der Waals surface area contributed by atoms with Crippen molar-refractivity contribution in [3.8, 4) is 0 Å². The maximum absolute atomic E-state index is 11.1. The van der Waals surface area contributed by atoms with Gasteiger partial charge in [-0.25, -0.2) is 0 Å². The molecule has 82 valence electrons. The molecule has 2 aromatic rings. The number of rotatable bonds is 3. The summed E-state index contributed by atoms with van der Waals surface area (Å²) in [7, 11) is 0. The van der Waals surface area contributed by atoms with Crippen molar-refractivity contribution in [1.29, 1.82) is 0 Å². The first-order valence-electron chi connectivity index (χ1n) is 5.26. The van der Waals surface area contributed by atoms with Crippen LogP contribution in [-0.4, -0.2) is 16.8 Å². The summed E-state index contributed by atoms with van der Waals surface area (Å²) < 4.78 is 0. The number of Topliss-reactive ketones (excluding diaryl/α,β-unsaturated/α-hetero) is 1. The molecule has 0 saturated heterocycles. The molecule has 2 rings (SSSR count). The normalized spacial score (nSPS) is 12.6. The largest absolute Gasteiger partial charge is 0.321 e. The molecule has 0 aliphatic heterocycles. The molecule has 0 saturated carbocycles. The minimum absolute atomic E-state index is 0.00467. The molecule has 0 fully saturated rings. The molecule has 0 amide bonds. The van der Waals surface area contributed by atoms with Gasteiger partial charge in [-0.15, -0.1) is 0 Å². The summed E-state index contributed by atoms with van der Waals surface area (Å²) in [6.45, 7) is 1.51. The third-order valence-electron chi connectivity index (χ3n) is 2.64. The van der Waals surface area contributed by atoms with Gasteiger partial charge in [-0.1, -0.05) is 24.3 Å². The molecule has 3 heteroatoms. The fourth-order valence-electron chi connectivity index (χ4n) is 1.61. The van der Waals surface area contributed by atoms with Crippen molar-refractivity contribution in [3.05, 3.63) is 42.2 Å². The van der Waals surface area contributed by atoms with E-state index in [2.05, 4.69) is 4.98 Å². The highest BCUT2D eigenvalue weighted by Gasteiger charge is 2.09. The van der Waals surface area contributed by atoms with Crippen molar-refractivity contribution in [2.75, 3.05) is 0 Å². The van der Waals surface area contributed by atoms with Gasteiger partial charge in [0.05, 0.1) is 6.04 Å². The van der Waals surface area contributed by atoms with E-state index in [0.717, 1.165) is 16.5 Å². The monoisotopic (exact) mass is 214 g/mol. The van der Waals surface area contributed by atoms with Gasteiger partial charge in [0.2, 0.25) is 0 Å². The predicted molar refractivity (Wildman–Crippen MR) is 64.1 cm³/mol. The summed E-state index contributed by atoms with van der Waals surface area (Å²) >= 11 is 0. The van der Waals surface area contributed by atoms with E-state index >= 15 is 0 Å². The van der Waals surface area contributed by atoms with Crippen molar-refractivity contribution >= 4 is 16.6 Å². The SMILES string of the molecule is CC(=O)[C@@H](N)Cc1cc2ccccc2cn1. The van der Waals surface area contributed by atoms with Gasteiger partial charge in [-0.3, -0.25) is 9.78 Å². The van der Waals surface area contributed by atoms with Crippen molar-refractivity contribution < 1.29 is 4.79 Å². The number of carbonyl (C=O) groups is 1. The van der Waals surface area contributed by atoms with E-state index < -0.39 is 6.04 Å². The third-order valence-corrected chi connectivity index (χ3v) is 2.64. The molecule has 0 spiro atoms. The summed E-state index contributed by atoms with van der Waals surface area (Å²) in [4.78, 5) is 15.4. The number of hydrogen-bond acceptors (Lipinski definition) is 3. The lowest BCUT2D eigenvalue weighted by atomic mass is 10.1. The van der Waals surface area contributed by atoms with Gasteiger partial charge in [0.15, 0.2) is 0 Å². The molecule has 1 heterocycles. The van der Waals surface area contributed by atoms with Crippen molar-refractivity contribution in [1.82, 2.24) is 4.98 Å². The first kappa shape index (κ1) is 10.8. The standard InChI is InChI=1S/C13H14N2O/c1-9(16)13(14)7-12-6-10-4-2-3-5-11(10)8-15-12/h2-6,8,13H,7,14H2,1H3/t13-/m0/s1. The van der Waals surface area contributed by atoms with E-state index in [-0.39, 0.29) is 5.78 Å². The number of carbonyl (C=O) groups excluding carboxylic acids is 1. The Morgan fingerprint density at radius 3 is 2.75 bits per heavy atom. The van der Waals surface area contributed by atoms with Crippen LogP contribution in [0.4, 0.5) is 0 Å². The first-order chi connectivity index (χ1) is 7.66. The molecule has 0 radical (unpaired) electrons. The van der Waals surface area contributed by atoms with Crippen LogP contribution in [0.5, 0.6) is 0 Å². The van der Waals surface area contributed by atoms with Crippen LogP contribution in [0.1, 0.15) is 12.6 Å². The van der Waals surface area contributed by atoms with Crippen molar-refractivity contribution in [2.45, 2.75) is 19.4 Å². The Kier molecular flexibility index (Phi) is 2.97. The summed E-state index contributed by atoms with van der Waals surface area (Å²) in [5.41, 5.74) is 6.57. The number of benzene rings is 1. The van der Waals surface area contributed by atoms with E-state index in [1.807, 2.05) is 36.5 Å². The van der Waals surface area contributed by atoms with Crippen LogP contribution < -0.4 is 5.73 Å². The van der Waals surface area contributed by atoms with Crippen LogP contribution >= 0.6 is 0 Å². The molecular formula is C13H14N2O. The van der Waals surface area contributed by atoms with Crippen LogP contribution in [0.2, 0.25) is 0 Å². The number of nitrogens with two attached hydrogens (primary N) is 1. The molecule has 1 aromatic carbocycles. The number of aromatic nitrogens is 1. The molecule has 0 bridgehead atoms. The van der Waals surface area contributed by atoms with E-state index in [4.69, 9.17) is 5.73 Å². The third kappa shape index (κ3) is 2.25. The second kappa shape index (κ2) is 4.41. The second-order valence-corrected chi connectivity index (χ2v) is 3.94. The summed E-state index contributed by atoms with van der Waals surface area (Å²) in [5, 5.41) is 2.23. The number of pyridine rings is 1. The van der Waals surface area contributed by atoms with Crippen LogP contribution in [0, 0.1) is 0 Å². The van der Waals surface area contributed by atoms with Gasteiger partial charge in [0.25, 0.3) is 0 Å². The quantitative estimate of drug-likeness (QED) is 0.846. The van der Waals surface area contributed by atoms with Gasteiger partial charge in [0, 0.05) is 23.7 Å². The Morgan fingerprint density at radius 2 is 2.06 bits per heavy atom. The van der Waals surface area contributed by atoms with E-state index in [0.29, 0.717) is 6.42 Å². The zero-order chi connectivity index (χ0) is 11.5. The van der Waals surface area contributed by atoms with Crippen LogP contribution in [0.25, 0.3) is 10.8 Å². The van der Waals surface area contributed by atoms with Crippen LogP contribution in [-0.2, 0) is 11.2 Å². The van der Waals surface area contributed by atoms with E-state index in [9.17, 15) is 4.79 Å². The van der Waals surface area contributed by atoms with Gasteiger partial charge < -0.3 is 5.73 Å². The van der Waals surface area contributed by atoms with Crippen LogP contribution in [0.3, 0.4) is 0 Å². The zero-order valence-electron chi connectivity index (χ0n) is 9.18. The fraction of sp³-hybridized carbons (Fsp3) is 0.231. The summed E-state index contributed by atoms with van der Waals surface area (Å²) in [6.07, 6.45) is 2.32. The highest BCUT2D eigenvalue weighted by molar-refractivity contribution is 5.83. The maximum atomic E-state index is 11.1. The highest BCUT2D eigenvalue weighted by Crippen LogP contribution is 2.14. The average molecular weight is 214 g/mol. The molecule has 3 nitrogen and oxygen atoms in total. The zero-order valence-corrected chi connectivity index (χ0v) is 9.18. The maximum Gasteiger partial charge on any atom is 0.146 e. The second-order valence-electron chi connectivity index (χ2n) is 3.94. The van der Waals surface area contributed by atoms with Gasteiger partial charge in [-0.05, 0) is 18.4 Å².